The van der Waals surface area contributed by atoms with Crippen LogP contribution in [-0.2, 0) is 27.2 Å². The van der Waals surface area contributed by atoms with E-state index in [1.165, 1.54) is 19.4 Å². The molecule has 0 spiro atoms. The number of hydrogen-bond donors (Lipinski definition) is 0. The normalized spacial score (nSPS) is 14.4. The third-order valence-corrected chi connectivity index (χ3v) is 5.19. The summed E-state index contributed by atoms with van der Waals surface area (Å²) < 4.78 is 64.9. The number of methoxy groups -OCH3 is 1. The highest BCUT2D eigenvalue weighted by Crippen LogP contribution is 2.29. The van der Waals surface area contributed by atoms with Gasteiger partial charge in [-0.3, -0.25) is 0 Å². The Morgan fingerprint density at radius 3 is 2.74 bits per heavy atom. The van der Waals surface area contributed by atoms with Gasteiger partial charge in [-0.1, -0.05) is 5.16 Å². The minimum absolute atomic E-state index is 0.149. The molecule has 3 heterocycles. The Morgan fingerprint density at radius 2 is 2.07 bits per heavy atom. The lowest BCUT2D eigenvalue weighted by atomic mass is 10.3. The van der Waals surface area contributed by atoms with Gasteiger partial charge in [0.1, 0.15) is 5.65 Å². The highest BCUT2D eigenvalue weighted by Gasteiger charge is 2.38. The highest BCUT2D eigenvalue weighted by atomic mass is 32.2. The lowest BCUT2D eigenvalue weighted by molar-refractivity contribution is -0.159. The van der Waals surface area contributed by atoms with Crippen LogP contribution in [0.5, 0.6) is 0 Å². The average molecular weight is 403 g/mol. The number of ether oxygens (including phenoxy) is 1. The first-order chi connectivity index (χ1) is 12.7. The molecule has 0 radical (unpaired) electrons. The number of fused-ring (bicyclic) bond motifs is 1. The molecule has 0 fully saturated rings. The number of nitrogens with zero attached hydrogens (tertiary/aromatic N) is 5. The Hall–Kier alpha value is -2.47. The fourth-order valence-electron chi connectivity index (χ4n) is 2.21. The molecule has 1 unspecified atom stereocenters. The number of pyridine rings is 1. The Kier molecular flexibility index (Phi) is 5.20. The zero-order chi connectivity index (χ0) is 19.7. The van der Waals surface area contributed by atoms with Crippen molar-refractivity contribution < 1.29 is 26.6 Å². The van der Waals surface area contributed by atoms with E-state index >= 15 is 0 Å². The fourth-order valence-corrected chi connectivity index (χ4v) is 3.22. The topological polar surface area (TPSA) is 94.9 Å². The van der Waals surface area contributed by atoms with Crippen molar-refractivity contribution in [1.82, 2.24) is 19.5 Å². The van der Waals surface area contributed by atoms with Crippen LogP contribution in [0.2, 0.25) is 0 Å². The van der Waals surface area contributed by atoms with E-state index in [0.717, 1.165) is 0 Å². The molecule has 0 amide bonds. The summed E-state index contributed by atoms with van der Waals surface area (Å²) in [4.78, 5) is 7.70. The smallest absolute Gasteiger partial charge is 0.384 e. The van der Waals surface area contributed by atoms with Crippen LogP contribution in [0.25, 0.3) is 17.0 Å². The van der Waals surface area contributed by atoms with E-state index in [9.17, 15) is 17.4 Å². The summed E-state index contributed by atoms with van der Waals surface area (Å²) in [5.74, 6) is -1.27. The molecule has 27 heavy (non-hydrogen) atoms. The zero-order valence-corrected chi connectivity index (χ0v) is 15.3. The zero-order valence-electron chi connectivity index (χ0n) is 14.4. The lowest BCUT2D eigenvalue weighted by Gasteiger charge is -2.02. The van der Waals surface area contributed by atoms with E-state index in [-0.39, 0.29) is 12.4 Å². The number of hydrogen-bond acceptors (Lipinski definition) is 7. The number of imidazole rings is 1. The van der Waals surface area contributed by atoms with Crippen LogP contribution in [0.3, 0.4) is 0 Å². The quantitative estimate of drug-likeness (QED) is 0.628. The molecular formula is C15H16F3N5O3S. The van der Waals surface area contributed by atoms with Gasteiger partial charge in [0, 0.05) is 41.1 Å². The molecule has 0 aromatic carbocycles. The molecule has 0 N–H and O–H groups in total. The van der Waals surface area contributed by atoms with Crippen molar-refractivity contribution in [1.29, 1.82) is 0 Å². The molecule has 1 atom stereocenters. The number of alkyl halides is 3. The summed E-state index contributed by atoms with van der Waals surface area (Å²) in [5, 5.41) is 3.36. The van der Waals surface area contributed by atoms with Crippen LogP contribution in [-0.4, -0.2) is 49.5 Å². The monoisotopic (exact) mass is 403 g/mol. The summed E-state index contributed by atoms with van der Waals surface area (Å²) >= 11 is 0. The van der Waals surface area contributed by atoms with Gasteiger partial charge in [-0.15, -0.1) is 0 Å². The van der Waals surface area contributed by atoms with Crippen molar-refractivity contribution in [3.05, 3.63) is 36.1 Å². The predicted molar refractivity (Wildman–Crippen MR) is 90.4 cm³/mol. The SMILES string of the molecule is COCCS(C)(=O)=NCc1cn2cc(-c3noc(C(F)(F)F)n3)ccc2n1. The van der Waals surface area contributed by atoms with E-state index in [2.05, 4.69) is 24.0 Å². The van der Waals surface area contributed by atoms with Gasteiger partial charge >= 0.3 is 12.1 Å². The second-order valence-electron chi connectivity index (χ2n) is 5.78. The Labute approximate surface area is 152 Å². The third-order valence-electron chi connectivity index (χ3n) is 3.59. The molecule has 3 rings (SSSR count). The summed E-state index contributed by atoms with van der Waals surface area (Å²) in [7, 11) is -0.856. The van der Waals surface area contributed by atoms with Gasteiger partial charge in [0.2, 0.25) is 5.82 Å². The molecule has 0 aliphatic heterocycles. The van der Waals surface area contributed by atoms with Gasteiger partial charge < -0.3 is 13.7 Å². The van der Waals surface area contributed by atoms with Gasteiger partial charge in [0.15, 0.2) is 0 Å². The average Bonchev–Trinajstić information content (AvgIpc) is 3.24. The molecule has 3 aromatic rings. The number of aromatic nitrogens is 4. The first-order valence-electron chi connectivity index (χ1n) is 7.71. The molecule has 0 saturated heterocycles. The minimum Gasteiger partial charge on any atom is -0.384 e. The highest BCUT2D eigenvalue weighted by molar-refractivity contribution is 7.92. The van der Waals surface area contributed by atoms with Gasteiger partial charge in [0.05, 0.1) is 24.6 Å². The Morgan fingerprint density at radius 1 is 1.30 bits per heavy atom. The molecule has 0 aliphatic carbocycles. The van der Waals surface area contributed by atoms with Crippen molar-refractivity contribution in [2.24, 2.45) is 4.36 Å². The van der Waals surface area contributed by atoms with Gasteiger partial charge in [-0.25, -0.2) is 13.6 Å². The molecule has 3 aromatic heterocycles. The molecule has 0 aliphatic rings. The van der Waals surface area contributed by atoms with Crippen molar-refractivity contribution in [3.63, 3.8) is 0 Å². The van der Waals surface area contributed by atoms with Gasteiger partial charge in [0.25, 0.3) is 0 Å². The maximum absolute atomic E-state index is 12.6. The van der Waals surface area contributed by atoms with E-state index in [1.54, 1.807) is 22.9 Å². The van der Waals surface area contributed by atoms with E-state index in [0.29, 0.717) is 29.3 Å². The standard InChI is InChI=1S/C15H16F3N5O3S/c1-25-5-6-27(2,24)19-7-11-9-23-8-10(3-4-12(23)20-11)13-21-14(26-22-13)15(16,17)18/h3-4,8-9H,5-7H2,1-2H3. The summed E-state index contributed by atoms with van der Waals surface area (Å²) in [5.41, 5.74) is 1.47. The van der Waals surface area contributed by atoms with Crippen LogP contribution < -0.4 is 0 Å². The van der Waals surface area contributed by atoms with Crippen molar-refractivity contribution in [3.8, 4) is 11.4 Å². The van der Waals surface area contributed by atoms with Crippen LogP contribution in [0.1, 0.15) is 11.6 Å². The van der Waals surface area contributed by atoms with Crippen molar-refractivity contribution in [2.45, 2.75) is 12.7 Å². The maximum atomic E-state index is 12.6. The number of rotatable bonds is 6. The fraction of sp³-hybridized carbons (Fsp3) is 0.400. The summed E-state index contributed by atoms with van der Waals surface area (Å²) in [6.07, 6.45) is 0.0352. The van der Waals surface area contributed by atoms with Crippen LogP contribution in [0, 0.1) is 0 Å². The molecule has 146 valence electrons. The largest absolute Gasteiger partial charge is 0.471 e. The summed E-state index contributed by atoms with van der Waals surface area (Å²) in [6.45, 7) is 0.495. The lowest BCUT2D eigenvalue weighted by Crippen LogP contribution is -2.09. The van der Waals surface area contributed by atoms with E-state index in [4.69, 9.17) is 4.74 Å². The van der Waals surface area contributed by atoms with Crippen LogP contribution >= 0.6 is 0 Å². The van der Waals surface area contributed by atoms with E-state index in [1.807, 2.05) is 0 Å². The third kappa shape index (κ3) is 4.63. The predicted octanol–water partition coefficient (Wildman–Crippen LogP) is 2.65. The second kappa shape index (κ2) is 7.27. The minimum atomic E-state index is -4.70. The van der Waals surface area contributed by atoms with Crippen LogP contribution in [0.15, 0.2) is 33.4 Å². The molecular weight excluding hydrogens is 387 g/mol. The Balaban J connectivity index is 1.84. The number of halogens is 3. The van der Waals surface area contributed by atoms with Crippen molar-refractivity contribution in [2.75, 3.05) is 25.7 Å². The van der Waals surface area contributed by atoms with Gasteiger partial charge in [-0.05, 0) is 12.1 Å². The Bertz CT molecular complexity index is 1070. The molecule has 8 nitrogen and oxygen atoms in total. The molecule has 12 heteroatoms. The van der Waals surface area contributed by atoms with E-state index < -0.39 is 21.8 Å². The first-order valence-corrected chi connectivity index (χ1v) is 9.80. The second-order valence-corrected chi connectivity index (χ2v) is 8.37. The van der Waals surface area contributed by atoms with Crippen molar-refractivity contribution >= 4 is 15.4 Å². The van der Waals surface area contributed by atoms with Gasteiger partial charge in [-0.2, -0.15) is 18.2 Å². The first kappa shape index (κ1) is 19.3. The maximum Gasteiger partial charge on any atom is 0.471 e. The molecule has 0 saturated carbocycles. The molecule has 0 bridgehead atoms. The summed E-state index contributed by atoms with van der Waals surface area (Å²) in [6, 6.07) is 3.15. The van der Waals surface area contributed by atoms with Crippen LogP contribution in [0.4, 0.5) is 13.2 Å².